The van der Waals surface area contributed by atoms with Crippen molar-refractivity contribution in [2.75, 3.05) is 24.5 Å². The average Bonchev–Trinajstić information content (AvgIpc) is 4.09. The largest absolute Gasteiger partial charge is 0.457 e. The molecule has 2 aromatic heterocycles. The Kier molecular flexibility index (Phi) is 12.7. The number of halogens is 1. The van der Waals surface area contributed by atoms with Crippen LogP contribution in [0.15, 0.2) is 127 Å². The van der Waals surface area contributed by atoms with E-state index in [1.54, 1.807) is 36.9 Å². The van der Waals surface area contributed by atoms with Crippen LogP contribution in [-0.4, -0.2) is 68.9 Å². The van der Waals surface area contributed by atoms with Gasteiger partial charge in [-0.2, -0.15) is 0 Å². The van der Waals surface area contributed by atoms with Gasteiger partial charge in [0.1, 0.15) is 17.2 Å². The lowest BCUT2D eigenvalue weighted by Gasteiger charge is -2.20. The number of carbonyl (C=O) groups is 2. The van der Waals surface area contributed by atoms with Gasteiger partial charge in [0.2, 0.25) is 12.0 Å². The first kappa shape index (κ1) is 40.4. The second-order valence-electron chi connectivity index (χ2n) is 15.4. The summed E-state index contributed by atoms with van der Waals surface area (Å²) >= 11 is 0. The number of amides is 1. The molecule has 8 rings (SSSR count). The summed E-state index contributed by atoms with van der Waals surface area (Å²) in [6.07, 6.45) is 11.0. The molecule has 1 saturated heterocycles. The van der Waals surface area contributed by atoms with Crippen molar-refractivity contribution < 1.29 is 23.6 Å². The highest BCUT2D eigenvalue weighted by molar-refractivity contribution is 6.04. The molecule has 6 aromatic rings. The number of nitrogens with one attached hydrogen (secondary N) is 3. The fourth-order valence-electron chi connectivity index (χ4n) is 6.78. The van der Waals surface area contributed by atoms with Crippen LogP contribution in [0.25, 0.3) is 40.0 Å². The molecule has 59 heavy (non-hydrogen) atoms. The molecule has 0 aliphatic carbocycles. The van der Waals surface area contributed by atoms with E-state index < -0.39 is 17.7 Å². The summed E-state index contributed by atoms with van der Waals surface area (Å²) in [5, 5.41) is 7.08. The van der Waals surface area contributed by atoms with Crippen LogP contribution < -0.4 is 10.2 Å². The number of anilines is 1. The Morgan fingerprint density at radius 3 is 2.22 bits per heavy atom. The molecule has 0 bridgehead atoms. The Labute approximate surface area is 343 Å². The highest BCUT2D eigenvalue weighted by atomic mass is 19.1. The monoisotopic (exact) mass is 793 g/mol. The van der Waals surface area contributed by atoms with Crippen LogP contribution in [0.3, 0.4) is 0 Å². The molecule has 12 heteroatoms. The summed E-state index contributed by atoms with van der Waals surface area (Å²) in [7, 11) is 0. The number of H-pyrrole nitrogens is 2. The van der Waals surface area contributed by atoms with E-state index in [1.807, 2.05) is 69.3 Å². The van der Waals surface area contributed by atoms with E-state index in [1.165, 1.54) is 36.7 Å². The lowest BCUT2D eigenvalue weighted by molar-refractivity contribution is -0.166. The van der Waals surface area contributed by atoms with Gasteiger partial charge in [0, 0.05) is 66.9 Å². The van der Waals surface area contributed by atoms with Crippen LogP contribution in [0.1, 0.15) is 56.7 Å². The second kappa shape index (κ2) is 18.6. The zero-order chi connectivity index (χ0) is 41.2. The lowest BCUT2D eigenvalue weighted by Crippen LogP contribution is -2.32. The molecular formula is C47H48FN7O4. The molecule has 11 nitrogen and oxygen atoms in total. The highest BCUT2D eigenvalue weighted by Crippen LogP contribution is 2.35. The van der Waals surface area contributed by atoms with Crippen molar-refractivity contribution in [3.63, 3.8) is 0 Å². The average molecular weight is 794 g/mol. The summed E-state index contributed by atoms with van der Waals surface area (Å²) in [4.78, 5) is 48.0. The maximum Gasteiger partial charge on any atom is 0.351 e. The number of aromatic nitrogens is 4. The topological polar surface area (TPSA) is 138 Å². The molecule has 0 saturated carbocycles. The van der Waals surface area contributed by atoms with Crippen molar-refractivity contribution in [2.45, 2.75) is 58.2 Å². The third-order valence-electron chi connectivity index (χ3n) is 9.80. The summed E-state index contributed by atoms with van der Waals surface area (Å²) in [6.45, 7) is 8.10. The fourth-order valence-corrected chi connectivity index (χ4v) is 6.78. The molecule has 2 aliphatic heterocycles. The number of oxime groups is 1. The first-order valence-corrected chi connectivity index (χ1v) is 19.8. The molecule has 1 amide bonds. The SMILES string of the molecule is CC(C)(C)OC(=O)C1CC(c2ccc(-c3nc(-c4ccc(N5CCCC5)cc4)[nH]c3-c3ccc(/C=C/C(=O)NCCc4ccc(F)cc4)cc3)cc2)=NO1.c1c[nH]cn1. The number of aromatic amines is 2. The lowest BCUT2D eigenvalue weighted by atomic mass is 10.00. The van der Waals surface area contributed by atoms with E-state index in [4.69, 9.17) is 14.6 Å². The first-order chi connectivity index (χ1) is 28.6. The van der Waals surface area contributed by atoms with Crippen LogP contribution in [0.5, 0.6) is 0 Å². The minimum absolute atomic E-state index is 0.198. The zero-order valence-electron chi connectivity index (χ0n) is 33.5. The maximum absolute atomic E-state index is 13.2. The van der Waals surface area contributed by atoms with Gasteiger partial charge >= 0.3 is 5.97 Å². The third-order valence-corrected chi connectivity index (χ3v) is 9.80. The third kappa shape index (κ3) is 11.0. The highest BCUT2D eigenvalue weighted by Gasteiger charge is 2.33. The number of imidazole rings is 2. The first-order valence-electron chi connectivity index (χ1n) is 19.8. The van der Waals surface area contributed by atoms with Crippen molar-refractivity contribution in [3.05, 3.63) is 144 Å². The number of carbonyl (C=O) groups excluding carboxylic acids is 2. The molecule has 302 valence electrons. The van der Waals surface area contributed by atoms with Crippen LogP contribution in [0, 0.1) is 5.82 Å². The second-order valence-corrected chi connectivity index (χ2v) is 15.4. The number of rotatable bonds is 11. The predicted octanol–water partition coefficient (Wildman–Crippen LogP) is 8.77. The van der Waals surface area contributed by atoms with E-state index in [2.05, 4.69) is 54.6 Å². The predicted molar refractivity (Wildman–Crippen MR) is 229 cm³/mol. The molecule has 4 heterocycles. The van der Waals surface area contributed by atoms with Crippen molar-refractivity contribution in [1.29, 1.82) is 0 Å². The number of ether oxygens (including phenoxy) is 1. The smallest absolute Gasteiger partial charge is 0.351 e. The van der Waals surface area contributed by atoms with E-state index in [9.17, 15) is 14.0 Å². The number of hydrogen-bond acceptors (Lipinski definition) is 8. The van der Waals surface area contributed by atoms with Crippen molar-refractivity contribution >= 4 is 29.4 Å². The quantitative estimate of drug-likeness (QED) is 0.0881. The molecule has 0 radical (unpaired) electrons. The van der Waals surface area contributed by atoms with Gasteiger partial charge in [0.25, 0.3) is 0 Å². The Hall–Kier alpha value is -6.82. The van der Waals surface area contributed by atoms with E-state index in [0.717, 1.165) is 63.7 Å². The minimum atomic E-state index is -0.767. The standard InChI is InChI=1S/C44H44FN5O4.C3H4N2/c1-44(2,3)53-43(52)38-28-37(49-54-38)31-13-15-33(16-14-31)41-40(47-42(48-41)34-17-21-36(22-18-34)50-26-4-5-27-50)32-11-6-29(7-12-32)10-23-39(51)46-25-24-30-8-19-35(45)20-9-30;1-2-5-3-4-1/h6-23,38H,4-5,24-28H2,1-3H3,(H,46,51)(H,47,48);1-3H,(H,4,5)/b23-10+;. The molecule has 1 atom stereocenters. The van der Waals surface area contributed by atoms with Gasteiger partial charge in [0.15, 0.2) is 0 Å². The summed E-state index contributed by atoms with van der Waals surface area (Å²) < 4.78 is 18.7. The Morgan fingerprint density at radius 2 is 1.58 bits per heavy atom. The molecule has 1 fully saturated rings. The normalized spacial score (nSPS) is 15.0. The summed E-state index contributed by atoms with van der Waals surface area (Å²) in [6, 6.07) is 30.7. The molecule has 0 spiro atoms. The minimum Gasteiger partial charge on any atom is -0.457 e. The van der Waals surface area contributed by atoms with E-state index in [0.29, 0.717) is 25.1 Å². The van der Waals surface area contributed by atoms with Gasteiger partial charge in [-0.25, -0.2) is 19.2 Å². The van der Waals surface area contributed by atoms with Crippen LogP contribution >= 0.6 is 0 Å². The van der Waals surface area contributed by atoms with Crippen molar-refractivity contribution in [2.24, 2.45) is 5.16 Å². The van der Waals surface area contributed by atoms with E-state index in [-0.39, 0.29) is 11.7 Å². The molecular weight excluding hydrogens is 746 g/mol. The zero-order valence-corrected chi connectivity index (χ0v) is 33.5. The van der Waals surface area contributed by atoms with E-state index >= 15 is 0 Å². The summed E-state index contributed by atoms with van der Waals surface area (Å²) in [5.74, 6) is -0.146. The van der Waals surface area contributed by atoms with Crippen molar-refractivity contribution in [1.82, 2.24) is 25.3 Å². The molecule has 4 aromatic carbocycles. The Morgan fingerprint density at radius 1 is 0.898 bits per heavy atom. The number of nitrogens with zero attached hydrogens (tertiary/aromatic N) is 4. The molecule has 3 N–H and O–H groups in total. The van der Waals surface area contributed by atoms with Crippen LogP contribution in [-0.2, 0) is 25.6 Å². The van der Waals surface area contributed by atoms with Gasteiger partial charge in [-0.15, -0.1) is 0 Å². The van der Waals surface area contributed by atoms with Crippen molar-refractivity contribution in [3.8, 4) is 33.9 Å². The number of esters is 1. The van der Waals surface area contributed by atoms with Gasteiger partial charge in [-0.05, 0) is 99.2 Å². The van der Waals surface area contributed by atoms with Gasteiger partial charge in [-0.3, -0.25) is 4.79 Å². The van der Waals surface area contributed by atoms with Gasteiger partial charge < -0.3 is 29.8 Å². The van der Waals surface area contributed by atoms with Gasteiger partial charge in [-0.1, -0.05) is 65.8 Å². The Bertz CT molecular complexity index is 2340. The van der Waals surface area contributed by atoms with Gasteiger partial charge in [0.05, 0.1) is 23.4 Å². The summed E-state index contributed by atoms with van der Waals surface area (Å²) in [5.41, 5.74) is 8.47. The fraction of sp³-hybridized carbons (Fsp3) is 0.255. The number of hydrogen-bond donors (Lipinski definition) is 3. The van der Waals surface area contributed by atoms with Crippen LogP contribution in [0.4, 0.5) is 10.1 Å². The maximum atomic E-state index is 13.2. The van der Waals surface area contributed by atoms with Crippen LogP contribution in [0.2, 0.25) is 0 Å². The molecule has 2 aliphatic rings. The number of benzene rings is 4. The Balaban J connectivity index is 0.000000983. The molecule has 1 unspecified atom stereocenters.